The smallest absolute Gasteiger partial charge is 0.363 e. The topological polar surface area (TPSA) is 49.9 Å². The molecule has 0 aromatic heterocycles. The molecule has 1 fully saturated rings. The predicted molar refractivity (Wildman–Crippen MR) is 124 cm³/mol. The van der Waals surface area contributed by atoms with Gasteiger partial charge in [-0.3, -0.25) is 0 Å². The third-order valence-electron chi connectivity index (χ3n) is 5.61. The number of halogens is 3. The van der Waals surface area contributed by atoms with Crippen LogP contribution in [0.1, 0.15) is 28.4 Å². The second-order valence-electron chi connectivity index (χ2n) is 8.16. The van der Waals surface area contributed by atoms with Crippen LogP contribution in [0.25, 0.3) is 6.08 Å². The number of benzene rings is 3. The van der Waals surface area contributed by atoms with Gasteiger partial charge in [0.15, 0.2) is 0 Å². The number of aryl methyl sites for hydroxylation is 1. The van der Waals surface area contributed by atoms with Crippen molar-refractivity contribution in [1.29, 1.82) is 0 Å². The summed E-state index contributed by atoms with van der Waals surface area (Å²) in [7, 11) is -3.81. The van der Waals surface area contributed by atoms with Gasteiger partial charge in [-0.05, 0) is 42.3 Å². The van der Waals surface area contributed by atoms with Crippen LogP contribution in [0.4, 0.5) is 13.2 Å². The fourth-order valence-electron chi connectivity index (χ4n) is 3.64. The summed E-state index contributed by atoms with van der Waals surface area (Å²) in [5, 5.41) is 0. The Morgan fingerprint density at radius 2 is 1.59 bits per heavy atom. The van der Waals surface area contributed by atoms with Gasteiger partial charge in [-0.1, -0.05) is 72.3 Å². The number of nitrogens with zero attached hydrogens (tertiary/aromatic N) is 1. The van der Waals surface area contributed by atoms with Crippen molar-refractivity contribution in [3.8, 4) is 0 Å². The van der Waals surface area contributed by atoms with E-state index >= 15 is 0 Å². The molecule has 0 N–H and O–H groups in total. The molecule has 3 aromatic rings. The minimum Gasteiger partial charge on any atom is -0.363 e. The maximum atomic E-state index is 13.4. The van der Waals surface area contributed by atoms with Gasteiger partial charge in [0.05, 0.1) is 10.5 Å². The molecule has 34 heavy (non-hydrogen) atoms. The second kappa shape index (κ2) is 9.74. The molecule has 1 aliphatic rings. The van der Waals surface area contributed by atoms with Crippen molar-refractivity contribution in [2.24, 2.45) is 0 Å². The largest absolute Gasteiger partial charge is 0.416 e. The average Bonchev–Trinajstić information content (AvgIpc) is 3.58. The van der Waals surface area contributed by atoms with Crippen molar-refractivity contribution >= 4 is 16.1 Å². The summed E-state index contributed by atoms with van der Waals surface area (Å²) in [5.41, 5.74) is 1.75. The monoisotopic (exact) mass is 487 g/mol. The van der Waals surface area contributed by atoms with E-state index in [2.05, 4.69) is 0 Å². The highest BCUT2D eigenvalue weighted by Gasteiger charge is 2.43. The van der Waals surface area contributed by atoms with E-state index in [1.807, 2.05) is 43.3 Å². The van der Waals surface area contributed by atoms with Crippen LogP contribution in [0.3, 0.4) is 0 Å². The van der Waals surface area contributed by atoms with Crippen molar-refractivity contribution in [2.75, 3.05) is 13.1 Å². The van der Waals surface area contributed by atoms with Crippen LogP contribution >= 0.6 is 0 Å². The third-order valence-corrected chi connectivity index (χ3v) is 7.46. The predicted octanol–water partition coefficient (Wildman–Crippen LogP) is 5.86. The van der Waals surface area contributed by atoms with Crippen LogP contribution in [0.2, 0.25) is 0 Å². The third kappa shape index (κ3) is 5.75. The van der Waals surface area contributed by atoms with E-state index in [-0.39, 0.29) is 18.0 Å². The van der Waals surface area contributed by atoms with E-state index in [1.54, 1.807) is 30.3 Å². The van der Waals surface area contributed by atoms with Gasteiger partial charge in [0.2, 0.25) is 10.0 Å². The minimum atomic E-state index is -4.41. The summed E-state index contributed by atoms with van der Waals surface area (Å²) in [6.07, 6.45) is -1.68. The van der Waals surface area contributed by atoms with Crippen molar-refractivity contribution in [3.05, 3.63) is 107 Å². The highest BCUT2D eigenvalue weighted by Crippen LogP contribution is 2.41. The lowest BCUT2D eigenvalue weighted by molar-refractivity contribution is -0.137. The van der Waals surface area contributed by atoms with E-state index in [9.17, 15) is 21.6 Å². The summed E-state index contributed by atoms with van der Waals surface area (Å²) in [6, 6.07) is 20.9. The lowest BCUT2D eigenvalue weighted by Gasteiger charge is -2.20. The molecular weight excluding hydrogens is 463 g/mol. The molecule has 2 unspecified atom stereocenters. The summed E-state index contributed by atoms with van der Waals surface area (Å²) in [4.78, 5) is 0.179. The number of ether oxygens (including phenoxy) is 1. The zero-order valence-electron chi connectivity index (χ0n) is 18.4. The zero-order valence-corrected chi connectivity index (χ0v) is 19.3. The fourth-order valence-corrected chi connectivity index (χ4v) is 5.04. The summed E-state index contributed by atoms with van der Waals surface area (Å²) < 4.78 is 72.2. The Kier molecular flexibility index (Phi) is 6.93. The average molecular weight is 488 g/mol. The van der Waals surface area contributed by atoms with Gasteiger partial charge in [-0.15, -0.1) is 0 Å². The molecule has 1 heterocycles. The van der Waals surface area contributed by atoms with Crippen molar-refractivity contribution in [1.82, 2.24) is 4.31 Å². The number of epoxide rings is 1. The molecule has 0 radical (unpaired) electrons. The molecule has 0 spiro atoms. The Hall–Kier alpha value is -2.94. The van der Waals surface area contributed by atoms with Crippen LogP contribution < -0.4 is 0 Å². The molecule has 3 aromatic carbocycles. The highest BCUT2D eigenvalue weighted by molar-refractivity contribution is 7.89. The maximum absolute atomic E-state index is 13.4. The Labute approximate surface area is 197 Å². The molecule has 0 bridgehead atoms. The van der Waals surface area contributed by atoms with Crippen LogP contribution in [0, 0.1) is 6.92 Å². The van der Waals surface area contributed by atoms with Crippen LogP contribution in [-0.2, 0) is 20.9 Å². The van der Waals surface area contributed by atoms with Gasteiger partial charge in [-0.25, -0.2) is 8.42 Å². The first-order valence-corrected chi connectivity index (χ1v) is 12.2. The molecule has 1 saturated heterocycles. The molecule has 4 rings (SSSR count). The molecule has 4 nitrogen and oxygen atoms in total. The number of sulfonamides is 1. The lowest BCUT2D eigenvalue weighted by atomic mass is 10.1. The number of rotatable bonds is 8. The first-order valence-electron chi connectivity index (χ1n) is 10.8. The van der Waals surface area contributed by atoms with Crippen molar-refractivity contribution in [3.63, 3.8) is 0 Å². The summed E-state index contributed by atoms with van der Waals surface area (Å²) in [5.74, 6) is 0. The van der Waals surface area contributed by atoms with Gasteiger partial charge in [0.1, 0.15) is 12.2 Å². The van der Waals surface area contributed by atoms with Crippen LogP contribution in [-0.4, -0.2) is 31.9 Å². The molecule has 8 heteroatoms. The Bertz CT molecular complexity index is 1240. The summed E-state index contributed by atoms with van der Waals surface area (Å²) in [6.45, 7) is 2.09. The fraction of sp³-hybridized carbons (Fsp3) is 0.231. The van der Waals surface area contributed by atoms with Gasteiger partial charge in [-0.2, -0.15) is 17.5 Å². The van der Waals surface area contributed by atoms with Gasteiger partial charge < -0.3 is 4.74 Å². The van der Waals surface area contributed by atoms with E-state index in [0.717, 1.165) is 23.3 Å². The number of hydrogen-bond acceptors (Lipinski definition) is 3. The standard InChI is InChI=1S/C26H24F3NO3S/c1-19-9-15-23(16-10-19)34(31,32)30(17-5-8-20-6-3-2-4-7-20)18-24-25(33-24)21-11-13-22(14-12-21)26(27,28)29/h2-16,24-25H,17-18H2,1H3/b8-5+. The van der Waals surface area contributed by atoms with Gasteiger partial charge in [0.25, 0.3) is 0 Å². The Morgan fingerprint density at radius 3 is 2.21 bits per heavy atom. The van der Waals surface area contributed by atoms with E-state index < -0.39 is 34.0 Å². The van der Waals surface area contributed by atoms with E-state index in [1.165, 1.54) is 16.4 Å². The van der Waals surface area contributed by atoms with E-state index in [4.69, 9.17) is 4.74 Å². The second-order valence-corrected chi connectivity index (χ2v) is 10.1. The minimum absolute atomic E-state index is 0.0844. The Balaban J connectivity index is 1.51. The van der Waals surface area contributed by atoms with Crippen molar-refractivity contribution < 1.29 is 26.3 Å². The molecule has 2 atom stereocenters. The van der Waals surface area contributed by atoms with Gasteiger partial charge >= 0.3 is 6.18 Å². The highest BCUT2D eigenvalue weighted by atomic mass is 32.2. The maximum Gasteiger partial charge on any atom is 0.416 e. The molecule has 0 aliphatic carbocycles. The quantitative estimate of drug-likeness (QED) is 0.374. The van der Waals surface area contributed by atoms with Gasteiger partial charge in [0, 0.05) is 13.1 Å². The Morgan fingerprint density at radius 1 is 0.941 bits per heavy atom. The number of alkyl halides is 3. The van der Waals surface area contributed by atoms with Crippen LogP contribution in [0.15, 0.2) is 89.8 Å². The van der Waals surface area contributed by atoms with E-state index in [0.29, 0.717) is 5.56 Å². The normalized spacial score (nSPS) is 18.5. The molecule has 178 valence electrons. The molecule has 0 saturated carbocycles. The molecule has 1 aliphatic heterocycles. The SMILES string of the molecule is Cc1ccc(S(=O)(=O)N(C/C=C/c2ccccc2)CC2OC2c2ccc(C(F)(F)F)cc2)cc1. The number of hydrogen-bond donors (Lipinski definition) is 0. The first-order chi connectivity index (χ1) is 16.1. The lowest BCUT2D eigenvalue weighted by Crippen LogP contribution is -2.34. The zero-order chi connectivity index (χ0) is 24.3. The molecule has 0 amide bonds. The molecular formula is C26H24F3NO3S. The van der Waals surface area contributed by atoms with Crippen molar-refractivity contribution in [2.45, 2.75) is 30.2 Å². The van der Waals surface area contributed by atoms with Crippen LogP contribution in [0.5, 0.6) is 0 Å². The summed E-state index contributed by atoms with van der Waals surface area (Å²) >= 11 is 0. The first kappa shape index (κ1) is 24.2.